The summed E-state index contributed by atoms with van der Waals surface area (Å²) in [7, 11) is 1.67. The second-order valence-electron chi connectivity index (χ2n) is 4.68. The highest BCUT2D eigenvalue weighted by Crippen LogP contribution is 2.38. The van der Waals surface area contributed by atoms with Gasteiger partial charge in [-0.2, -0.15) is 0 Å². The quantitative estimate of drug-likeness (QED) is 0.722. The van der Waals surface area contributed by atoms with Crippen LogP contribution in [-0.4, -0.2) is 12.9 Å². The first-order chi connectivity index (χ1) is 7.56. The molecular weight excluding hydrogens is 200 g/mol. The van der Waals surface area contributed by atoms with Crippen LogP contribution >= 0.6 is 0 Å². The van der Waals surface area contributed by atoms with Crippen molar-refractivity contribution in [2.45, 2.75) is 39.5 Å². The SMILES string of the molecule is COc1c(C)cc2c(c1C)C(=O)CCC2C. The fourth-order valence-electron chi connectivity index (χ4n) is 2.70. The van der Waals surface area contributed by atoms with Crippen LogP contribution in [-0.2, 0) is 0 Å². The van der Waals surface area contributed by atoms with Crippen LogP contribution < -0.4 is 4.74 Å². The third kappa shape index (κ3) is 1.53. The van der Waals surface area contributed by atoms with E-state index in [9.17, 15) is 4.79 Å². The molecule has 86 valence electrons. The van der Waals surface area contributed by atoms with Gasteiger partial charge in [-0.25, -0.2) is 0 Å². The molecule has 1 aliphatic carbocycles. The number of rotatable bonds is 1. The van der Waals surface area contributed by atoms with Crippen LogP contribution in [0.15, 0.2) is 6.07 Å². The number of benzene rings is 1. The van der Waals surface area contributed by atoms with Crippen molar-refractivity contribution in [1.82, 2.24) is 0 Å². The molecule has 1 unspecified atom stereocenters. The fourth-order valence-corrected chi connectivity index (χ4v) is 2.70. The van der Waals surface area contributed by atoms with Crippen molar-refractivity contribution in [3.63, 3.8) is 0 Å². The lowest BCUT2D eigenvalue weighted by molar-refractivity contribution is 0.0967. The number of carbonyl (C=O) groups excluding carboxylic acids is 1. The summed E-state index contributed by atoms with van der Waals surface area (Å²) in [6.45, 7) is 6.22. The fraction of sp³-hybridized carbons (Fsp3) is 0.500. The van der Waals surface area contributed by atoms with Crippen LogP contribution in [0.4, 0.5) is 0 Å². The van der Waals surface area contributed by atoms with Gasteiger partial charge in [-0.3, -0.25) is 4.79 Å². The molecule has 0 fully saturated rings. The van der Waals surface area contributed by atoms with E-state index in [1.165, 1.54) is 5.56 Å². The smallest absolute Gasteiger partial charge is 0.163 e. The minimum Gasteiger partial charge on any atom is -0.496 e. The van der Waals surface area contributed by atoms with Crippen molar-refractivity contribution >= 4 is 5.78 Å². The van der Waals surface area contributed by atoms with Gasteiger partial charge in [-0.1, -0.05) is 13.0 Å². The van der Waals surface area contributed by atoms with E-state index < -0.39 is 0 Å². The summed E-state index contributed by atoms with van der Waals surface area (Å²) < 4.78 is 5.37. The van der Waals surface area contributed by atoms with Gasteiger partial charge in [0, 0.05) is 17.5 Å². The first-order valence-electron chi connectivity index (χ1n) is 5.77. The maximum Gasteiger partial charge on any atom is 0.163 e. The van der Waals surface area contributed by atoms with Gasteiger partial charge in [-0.05, 0) is 37.3 Å². The zero-order valence-corrected chi connectivity index (χ0v) is 10.4. The summed E-state index contributed by atoms with van der Waals surface area (Å²) >= 11 is 0. The summed E-state index contributed by atoms with van der Waals surface area (Å²) in [6, 6.07) is 2.11. The van der Waals surface area contributed by atoms with Gasteiger partial charge in [0.25, 0.3) is 0 Å². The molecule has 2 nitrogen and oxygen atoms in total. The Morgan fingerprint density at radius 1 is 1.38 bits per heavy atom. The number of fused-ring (bicyclic) bond motifs is 1. The van der Waals surface area contributed by atoms with Gasteiger partial charge in [-0.15, -0.1) is 0 Å². The molecule has 0 spiro atoms. The summed E-state index contributed by atoms with van der Waals surface area (Å²) in [5.74, 6) is 1.61. The molecule has 0 bridgehead atoms. The molecule has 0 aromatic heterocycles. The average Bonchev–Trinajstić information content (AvgIpc) is 2.24. The average molecular weight is 218 g/mol. The molecule has 2 rings (SSSR count). The van der Waals surface area contributed by atoms with E-state index >= 15 is 0 Å². The summed E-state index contributed by atoms with van der Waals surface area (Å²) in [5, 5.41) is 0. The maximum absolute atomic E-state index is 12.0. The standard InChI is InChI=1S/C14H18O2/c1-8-5-6-12(15)13-10(3)14(16-4)9(2)7-11(8)13/h7-8H,5-6H2,1-4H3. The van der Waals surface area contributed by atoms with Crippen molar-refractivity contribution in [2.75, 3.05) is 7.11 Å². The van der Waals surface area contributed by atoms with Gasteiger partial charge < -0.3 is 4.74 Å². The highest BCUT2D eigenvalue weighted by molar-refractivity contribution is 6.00. The Kier molecular flexibility index (Phi) is 2.75. The molecule has 0 radical (unpaired) electrons. The number of Topliss-reactive ketones (excluding diaryl/α,β-unsaturated/α-hetero) is 1. The van der Waals surface area contributed by atoms with Gasteiger partial charge in [0.2, 0.25) is 0 Å². The lowest BCUT2D eigenvalue weighted by Gasteiger charge is -2.25. The second kappa shape index (κ2) is 3.93. The van der Waals surface area contributed by atoms with E-state index in [-0.39, 0.29) is 5.78 Å². The molecule has 0 saturated heterocycles. The molecule has 16 heavy (non-hydrogen) atoms. The molecule has 0 aliphatic heterocycles. The number of methoxy groups -OCH3 is 1. The van der Waals surface area contributed by atoms with Gasteiger partial charge in [0.1, 0.15) is 5.75 Å². The van der Waals surface area contributed by atoms with E-state index in [0.29, 0.717) is 12.3 Å². The van der Waals surface area contributed by atoms with Crippen molar-refractivity contribution in [2.24, 2.45) is 0 Å². The lowest BCUT2D eigenvalue weighted by Crippen LogP contribution is -2.16. The van der Waals surface area contributed by atoms with Gasteiger partial charge >= 0.3 is 0 Å². The molecule has 0 N–H and O–H groups in total. The normalized spacial score (nSPS) is 19.5. The Hall–Kier alpha value is -1.31. The Bertz CT molecular complexity index is 447. The van der Waals surface area contributed by atoms with Crippen molar-refractivity contribution in [3.8, 4) is 5.75 Å². The Labute approximate surface area is 96.6 Å². The largest absolute Gasteiger partial charge is 0.496 e. The summed E-state index contributed by atoms with van der Waals surface area (Å²) in [6.07, 6.45) is 1.64. The second-order valence-corrected chi connectivity index (χ2v) is 4.68. The molecule has 1 aromatic rings. The first-order valence-corrected chi connectivity index (χ1v) is 5.77. The number of carbonyl (C=O) groups is 1. The topological polar surface area (TPSA) is 26.3 Å². The van der Waals surface area contributed by atoms with Crippen molar-refractivity contribution in [3.05, 3.63) is 28.3 Å². The van der Waals surface area contributed by atoms with Crippen LogP contribution in [0.2, 0.25) is 0 Å². The molecule has 1 aliphatic rings. The number of aryl methyl sites for hydroxylation is 1. The third-order valence-electron chi connectivity index (χ3n) is 3.55. The molecule has 1 atom stereocenters. The molecule has 0 amide bonds. The van der Waals surface area contributed by atoms with Crippen LogP contribution in [0, 0.1) is 13.8 Å². The minimum absolute atomic E-state index is 0.268. The molecule has 1 aromatic carbocycles. The highest BCUT2D eigenvalue weighted by Gasteiger charge is 2.26. The molecule has 0 heterocycles. The van der Waals surface area contributed by atoms with E-state index in [4.69, 9.17) is 4.74 Å². The van der Waals surface area contributed by atoms with E-state index in [1.54, 1.807) is 7.11 Å². The maximum atomic E-state index is 12.0. The number of hydrogen-bond donors (Lipinski definition) is 0. The highest BCUT2D eigenvalue weighted by atomic mass is 16.5. The van der Waals surface area contributed by atoms with Gasteiger partial charge in [0.05, 0.1) is 7.11 Å². The number of hydrogen-bond acceptors (Lipinski definition) is 2. The Morgan fingerprint density at radius 3 is 2.69 bits per heavy atom. The first kappa shape index (κ1) is 11.2. The third-order valence-corrected chi connectivity index (χ3v) is 3.55. The molecule has 2 heteroatoms. The summed E-state index contributed by atoms with van der Waals surface area (Å²) in [5.41, 5.74) is 4.24. The van der Waals surface area contributed by atoms with Crippen molar-refractivity contribution < 1.29 is 9.53 Å². The van der Waals surface area contributed by atoms with Crippen molar-refractivity contribution in [1.29, 1.82) is 0 Å². The molecule has 0 saturated carbocycles. The summed E-state index contributed by atoms with van der Waals surface area (Å²) in [4.78, 5) is 12.0. The minimum atomic E-state index is 0.268. The lowest BCUT2D eigenvalue weighted by atomic mass is 9.80. The van der Waals surface area contributed by atoms with Crippen LogP contribution in [0.3, 0.4) is 0 Å². The van der Waals surface area contributed by atoms with E-state index in [2.05, 4.69) is 13.0 Å². The zero-order chi connectivity index (χ0) is 11.9. The monoisotopic (exact) mass is 218 g/mol. The predicted molar refractivity (Wildman–Crippen MR) is 64.4 cm³/mol. The Balaban J connectivity index is 2.71. The van der Waals surface area contributed by atoms with Crippen LogP contribution in [0.1, 0.15) is 52.7 Å². The number of ether oxygens (including phenoxy) is 1. The van der Waals surface area contributed by atoms with E-state index in [0.717, 1.165) is 28.9 Å². The zero-order valence-electron chi connectivity index (χ0n) is 10.4. The van der Waals surface area contributed by atoms with Gasteiger partial charge in [0.15, 0.2) is 5.78 Å². The number of ketones is 1. The van der Waals surface area contributed by atoms with Crippen LogP contribution in [0.5, 0.6) is 5.75 Å². The van der Waals surface area contributed by atoms with E-state index in [1.807, 2.05) is 13.8 Å². The Morgan fingerprint density at radius 2 is 2.06 bits per heavy atom. The van der Waals surface area contributed by atoms with Crippen LogP contribution in [0.25, 0.3) is 0 Å². The molecular formula is C14H18O2. The predicted octanol–water partition coefficient (Wildman–Crippen LogP) is 3.39.